The maximum Gasteiger partial charge on any atom is 0.269 e. The molecule has 140 valence electrons. The molecule has 2 aromatic carbocycles. The van der Waals surface area contributed by atoms with Gasteiger partial charge in [-0.25, -0.2) is 4.99 Å². The highest BCUT2D eigenvalue weighted by molar-refractivity contribution is 7.07. The van der Waals surface area contributed by atoms with Crippen LogP contribution in [0.5, 0.6) is 0 Å². The van der Waals surface area contributed by atoms with Crippen LogP contribution in [0.4, 0.5) is 11.4 Å². The van der Waals surface area contributed by atoms with Gasteiger partial charge in [0.1, 0.15) is 0 Å². The zero-order chi connectivity index (χ0) is 19.6. The largest absolute Gasteiger partial charge is 0.316 e. The minimum atomic E-state index is -0.375. The molecule has 0 atom stereocenters. The van der Waals surface area contributed by atoms with Crippen LogP contribution in [0.1, 0.15) is 25.0 Å². The second-order valence-corrected chi connectivity index (χ2v) is 7.93. The molecule has 0 spiro atoms. The maximum atomic E-state index is 10.9. The number of nitro benzene ring substituents is 1. The number of non-ortho nitro benzene ring substituents is 1. The van der Waals surface area contributed by atoms with Crippen LogP contribution in [-0.2, 0) is 6.54 Å². The van der Waals surface area contributed by atoms with E-state index in [1.54, 1.807) is 35.6 Å². The molecule has 0 radical (unpaired) electrons. The highest BCUT2D eigenvalue weighted by Crippen LogP contribution is 2.24. The minimum Gasteiger partial charge on any atom is -0.316 e. The van der Waals surface area contributed by atoms with Crippen molar-refractivity contribution in [2.24, 2.45) is 10.9 Å². The molecule has 0 bridgehead atoms. The van der Waals surface area contributed by atoms with Gasteiger partial charge in [0, 0.05) is 24.1 Å². The van der Waals surface area contributed by atoms with E-state index in [0.29, 0.717) is 5.92 Å². The highest BCUT2D eigenvalue weighted by atomic mass is 32.1. The second kappa shape index (κ2) is 7.88. The number of nitro groups is 1. The summed E-state index contributed by atoms with van der Waals surface area (Å²) in [5.74, 6) is 0.454. The lowest BCUT2D eigenvalue weighted by atomic mass is 10.1. The van der Waals surface area contributed by atoms with Crippen molar-refractivity contribution in [3.63, 3.8) is 0 Å². The molecule has 27 heavy (non-hydrogen) atoms. The molecule has 3 rings (SSSR count). The van der Waals surface area contributed by atoms with Crippen LogP contribution in [0.25, 0.3) is 11.3 Å². The van der Waals surface area contributed by atoms with Crippen LogP contribution in [0.15, 0.2) is 52.8 Å². The number of aromatic nitrogens is 1. The first-order chi connectivity index (χ1) is 12.8. The van der Waals surface area contributed by atoms with Crippen molar-refractivity contribution in [3.05, 3.63) is 73.9 Å². The fraction of sp³-hybridized carbons (Fsp3) is 0.286. The summed E-state index contributed by atoms with van der Waals surface area (Å²) in [6, 6.07) is 12.9. The number of aryl methyl sites for hydroxylation is 2. The Balaban J connectivity index is 2.09. The van der Waals surface area contributed by atoms with E-state index in [1.165, 1.54) is 11.1 Å². The lowest BCUT2D eigenvalue weighted by Gasteiger charge is -2.11. The first-order valence-corrected chi connectivity index (χ1v) is 9.78. The average molecular weight is 382 g/mol. The van der Waals surface area contributed by atoms with Gasteiger partial charge in [-0.1, -0.05) is 19.9 Å². The molecule has 1 heterocycles. The third kappa shape index (κ3) is 4.34. The normalized spacial score (nSPS) is 12.0. The van der Waals surface area contributed by atoms with Crippen molar-refractivity contribution in [3.8, 4) is 11.3 Å². The van der Waals surface area contributed by atoms with Crippen LogP contribution >= 0.6 is 11.3 Å². The van der Waals surface area contributed by atoms with Crippen LogP contribution < -0.4 is 4.80 Å². The highest BCUT2D eigenvalue weighted by Gasteiger charge is 2.12. The lowest BCUT2D eigenvalue weighted by molar-refractivity contribution is -0.384. The monoisotopic (exact) mass is 381 g/mol. The Morgan fingerprint density at radius 2 is 1.81 bits per heavy atom. The zero-order valence-corrected chi connectivity index (χ0v) is 16.8. The summed E-state index contributed by atoms with van der Waals surface area (Å²) in [4.78, 5) is 16.3. The number of nitrogens with zero attached hydrogens (tertiary/aromatic N) is 3. The SMILES string of the molecule is Cc1ccc(N=c2scc(-c3ccc([N+](=O)[O-])cc3)n2CC(C)C)cc1C. The van der Waals surface area contributed by atoms with Crippen molar-refractivity contribution in [2.75, 3.05) is 0 Å². The van der Waals surface area contributed by atoms with Crippen molar-refractivity contribution < 1.29 is 4.92 Å². The van der Waals surface area contributed by atoms with E-state index in [4.69, 9.17) is 4.99 Å². The standard InChI is InChI=1S/C21H23N3O2S/c1-14(2)12-23-20(17-6-9-19(10-7-17)24(25)26)13-27-21(23)22-18-8-5-15(3)16(4)11-18/h5-11,13-14H,12H2,1-4H3. The fourth-order valence-corrected chi connectivity index (χ4v) is 3.79. The molecule has 0 saturated heterocycles. The van der Waals surface area contributed by atoms with Gasteiger partial charge in [0.25, 0.3) is 5.69 Å². The predicted molar refractivity (Wildman–Crippen MR) is 110 cm³/mol. The van der Waals surface area contributed by atoms with Crippen LogP contribution in [0, 0.1) is 29.9 Å². The van der Waals surface area contributed by atoms with E-state index >= 15 is 0 Å². The maximum absolute atomic E-state index is 10.9. The van der Waals surface area contributed by atoms with Gasteiger partial charge in [0.2, 0.25) is 0 Å². The third-order valence-corrected chi connectivity index (χ3v) is 5.30. The van der Waals surface area contributed by atoms with Crippen molar-refractivity contribution in [2.45, 2.75) is 34.2 Å². The Morgan fingerprint density at radius 3 is 2.41 bits per heavy atom. The first kappa shape index (κ1) is 19.0. The molecular weight excluding hydrogens is 358 g/mol. The smallest absolute Gasteiger partial charge is 0.269 e. The molecule has 0 saturated carbocycles. The van der Waals surface area contributed by atoms with E-state index in [1.807, 2.05) is 6.07 Å². The average Bonchev–Trinajstić information content (AvgIpc) is 3.00. The third-order valence-electron chi connectivity index (χ3n) is 4.43. The summed E-state index contributed by atoms with van der Waals surface area (Å²) < 4.78 is 2.20. The Labute approximate surface area is 162 Å². The number of rotatable bonds is 5. The molecule has 0 aliphatic carbocycles. The van der Waals surface area contributed by atoms with Gasteiger partial charge < -0.3 is 4.57 Å². The number of benzene rings is 2. The quantitative estimate of drug-likeness (QED) is 0.425. The van der Waals surface area contributed by atoms with Crippen molar-refractivity contribution in [1.29, 1.82) is 0 Å². The molecule has 6 heteroatoms. The molecule has 5 nitrogen and oxygen atoms in total. The predicted octanol–water partition coefficient (Wildman–Crippen LogP) is 5.63. The van der Waals surface area contributed by atoms with Crippen LogP contribution in [0.2, 0.25) is 0 Å². The van der Waals surface area contributed by atoms with Gasteiger partial charge in [-0.3, -0.25) is 10.1 Å². The van der Waals surface area contributed by atoms with Gasteiger partial charge in [0.05, 0.1) is 16.3 Å². The van der Waals surface area contributed by atoms with E-state index in [-0.39, 0.29) is 10.6 Å². The van der Waals surface area contributed by atoms with Crippen molar-refractivity contribution in [1.82, 2.24) is 4.57 Å². The zero-order valence-electron chi connectivity index (χ0n) is 16.0. The van der Waals surface area contributed by atoms with Crippen LogP contribution in [0.3, 0.4) is 0 Å². The van der Waals surface area contributed by atoms with Crippen molar-refractivity contribution >= 4 is 22.7 Å². The molecular formula is C21H23N3O2S. The second-order valence-electron chi connectivity index (χ2n) is 7.09. The Morgan fingerprint density at radius 1 is 1.11 bits per heavy atom. The van der Waals surface area contributed by atoms with Gasteiger partial charge in [-0.2, -0.15) is 0 Å². The molecule has 0 amide bonds. The summed E-state index contributed by atoms with van der Waals surface area (Å²) in [5.41, 5.74) is 5.50. The Kier molecular flexibility index (Phi) is 5.56. The van der Waals surface area contributed by atoms with Gasteiger partial charge in [-0.05, 0) is 60.7 Å². The summed E-state index contributed by atoms with van der Waals surface area (Å²) in [6.07, 6.45) is 0. The molecule has 3 aromatic rings. The number of hydrogen-bond acceptors (Lipinski definition) is 4. The summed E-state index contributed by atoms with van der Waals surface area (Å²) in [7, 11) is 0. The van der Waals surface area contributed by atoms with E-state index in [9.17, 15) is 10.1 Å². The molecule has 0 N–H and O–H groups in total. The van der Waals surface area contributed by atoms with Crippen LogP contribution in [-0.4, -0.2) is 9.49 Å². The summed E-state index contributed by atoms with van der Waals surface area (Å²) >= 11 is 1.59. The molecule has 0 unspecified atom stereocenters. The van der Waals surface area contributed by atoms with E-state index in [0.717, 1.165) is 28.3 Å². The summed E-state index contributed by atoms with van der Waals surface area (Å²) in [5, 5.41) is 13.0. The minimum absolute atomic E-state index is 0.101. The van der Waals surface area contributed by atoms with Gasteiger partial charge >= 0.3 is 0 Å². The Bertz CT molecular complexity index is 1030. The molecule has 1 aromatic heterocycles. The first-order valence-electron chi connectivity index (χ1n) is 8.90. The van der Waals surface area contributed by atoms with E-state index in [2.05, 4.69) is 49.8 Å². The number of hydrogen-bond donors (Lipinski definition) is 0. The topological polar surface area (TPSA) is 60.4 Å². The Hall–Kier alpha value is -2.73. The molecule has 0 aliphatic rings. The molecule has 0 fully saturated rings. The van der Waals surface area contributed by atoms with Gasteiger partial charge in [0.15, 0.2) is 4.80 Å². The molecule has 0 aliphatic heterocycles. The summed E-state index contributed by atoms with van der Waals surface area (Å²) in [6.45, 7) is 9.36. The van der Waals surface area contributed by atoms with E-state index < -0.39 is 0 Å². The lowest BCUT2D eigenvalue weighted by Crippen LogP contribution is -2.18. The number of thiazole rings is 1. The van der Waals surface area contributed by atoms with Gasteiger partial charge in [-0.15, -0.1) is 11.3 Å². The fourth-order valence-electron chi connectivity index (χ4n) is 2.85.